The van der Waals surface area contributed by atoms with Gasteiger partial charge < -0.3 is 4.74 Å². The molecule has 0 bridgehead atoms. The number of hydrogen-bond acceptors (Lipinski definition) is 1. The third kappa shape index (κ3) is 6.60. The summed E-state index contributed by atoms with van der Waals surface area (Å²) in [7, 11) is 0. The van der Waals surface area contributed by atoms with E-state index in [1.54, 1.807) is 13.0 Å². The summed E-state index contributed by atoms with van der Waals surface area (Å²) in [6.07, 6.45) is 8.41. The van der Waals surface area contributed by atoms with Crippen LogP contribution in [0.15, 0.2) is 48.3 Å². The Morgan fingerprint density at radius 3 is 2.34 bits per heavy atom. The van der Waals surface area contributed by atoms with Gasteiger partial charge in [0.15, 0.2) is 11.6 Å². The van der Waals surface area contributed by atoms with E-state index < -0.39 is 24.1 Å². The van der Waals surface area contributed by atoms with E-state index in [0.29, 0.717) is 43.3 Å². The largest absolute Gasteiger partial charge is 0.491 e. The van der Waals surface area contributed by atoms with Gasteiger partial charge in [-0.2, -0.15) is 4.39 Å². The molecule has 174 valence electrons. The molecule has 2 aromatic carbocycles. The zero-order valence-corrected chi connectivity index (χ0v) is 18.7. The lowest BCUT2D eigenvalue weighted by Crippen LogP contribution is -2.13. The Balaban J connectivity index is 1.48. The zero-order chi connectivity index (χ0) is 22.9. The third-order valence-corrected chi connectivity index (χ3v) is 6.48. The number of aryl methyl sites for hydroxylation is 2. The van der Waals surface area contributed by atoms with Crippen molar-refractivity contribution in [3.8, 4) is 5.75 Å². The Labute approximate surface area is 188 Å². The van der Waals surface area contributed by atoms with Crippen molar-refractivity contribution >= 4 is 0 Å². The second-order valence-corrected chi connectivity index (χ2v) is 8.60. The topological polar surface area (TPSA) is 9.23 Å². The summed E-state index contributed by atoms with van der Waals surface area (Å²) in [4.78, 5) is 0. The molecule has 0 heterocycles. The average Bonchev–Trinajstić information content (AvgIpc) is 2.82. The molecule has 1 nitrogen and oxygen atoms in total. The molecule has 0 saturated heterocycles. The zero-order valence-electron chi connectivity index (χ0n) is 18.7. The van der Waals surface area contributed by atoms with Gasteiger partial charge in [0, 0.05) is 0 Å². The van der Waals surface area contributed by atoms with Crippen LogP contribution in [0.3, 0.4) is 0 Å². The molecule has 0 aromatic heterocycles. The molecular formula is C27H32F4O. The van der Waals surface area contributed by atoms with Crippen LogP contribution in [0.1, 0.15) is 68.1 Å². The van der Waals surface area contributed by atoms with E-state index in [-0.39, 0.29) is 5.75 Å². The van der Waals surface area contributed by atoms with Crippen LogP contribution in [0.2, 0.25) is 0 Å². The van der Waals surface area contributed by atoms with Crippen LogP contribution in [0.5, 0.6) is 5.75 Å². The highest BCUT2D eigenvalue weighted by atomic mass is 19.2. The monoisotopic (exact) mass is 448 g/mol. The number of allylic oxidation sites excluding steroid dienone is 2. The fourth-order valence-electron chi connectivity index (χ4n) is 4.58. The highest BCUT2D eigenvalue weighted by Crippen LogP contribution is 2.37. The van der Waals surface area contributed by atoms with Crippen LogP contribution in [0, 0.1) is 17.6 Å². The molecule has 0 amide bonds. The molecule has 1 aliphatic carbocycles. The van der Waals surface area contributed by atoms with E-state index in [0.717, 1.165) is 37.7 Å². The van der Waals surface area contributed by atoms with E-state index in [2.05, 4.69) is 24.3 Å². The normalized spacial score (nSPS) is 19.2. The predicted octanol–water partition coefficient (Wildman–Crippen LogP) is 8.03. The van der Waals surface area contributed by atoms with Crippen LogP contribution >= 0.6 is 0 Å². The SMILES string of the molecule is CCOc1ccc(CCc2ccc(C3CCC(CCC=C(F)CF)CC3)cc2)c(F)c1F. The number of halogens is 4. The maximum absolute atomic E-state index is 14.3. The number of ether oxygens (including phenoxy) is 1. The van der Waals surface area contributed by atoms with Gasteiger partial charge in [0.05, 0.1) is 6.61 Å². The summed E-state index contributed by atoms with van der Waals surface area (Å²) in [5, 5.41) is 0. The molecule has 0 aliphatic heterocycles. The molecule has 0 N–H and O–H groups in total. The van der Waals surface area contributed by atoms with Crippen molar-refractivity contribution in [2.75, 3.05) is 13.3 Å². The second kappa shape index (κ2) is 12.1. The lowest BCUT2D eigenvalue weighted by Gasteiger charge is -2.28. The van der Waals surface area contributed by atoms with E-state index in [1.807, 2.05) is 0 Å². The first-order valence-corrected chi connectivity index (χ1v) is 11.6. The van der Waals surface area contributed by atoms with Crippen LogP contribution in [-0.2, 0) is 12.8 Å². The van der Waals surface area contributed by atoms with Gasteiger partial charge in [-0.15, -0.1) is 0 Å². The van der Waals surface area contributed by atoms with Gasteiger partial charge in [0.1, 0.15) is 12.5 Å². The van der Waals surface area contributed by atoms with Gasteiger partial charge in [-0.05, 0) is 92.9 Å². The second-order valence-electron chi connectivity index (χ2n) is 8.60. The van der Waals surface area contributed by atoms with Gasteiger partial charge in [-0.1, -0.05) is 36.4 Å². The van der Waals surface area contributed by atoms with E-state index in [1.165, 1.54) is 17.7 Å². The van der Waals surface area contributed by atoms with E-state index in [9.17, 15) is 17.6 Å². The molecular weight excluding hydrogens is 416 g/mol. The van der Waals surface area contributed by atoms with Gasteiger partial charge >= 0.3 is 0 Å². The first kappa shape index (κ1) is 24.3. The highest BCUT2D eigenvalue weighted by molar-refractivity contribution is 5.32. The van der Waals surface area contributed by atoms with Crippen LogP contribution in [0.4, 0.5) is 17.6 Å². The summed E-state index contributed by atoms with van der Waals surface area (Å²) < 4.78 is 58.4. The molecule has 0 spiro atoms. The van der Waals surface area contributed by atoms with Gasteiger partial charge in [0.25, 0.3) is 0 Å². The summed E-state index contributed by atoms with van der Waals surface area (Å²) in [6.45, 7) is 1.02. The molecule has 2 aromatic rings. The van der Waals surface area contributed by atoms with Crippen LogP contribution in [-0.4, -0.2) is 13.3 Å². The summed E-state index contributed by atoms with van der Waals surface area (Å²) in [6, 6.07) is 11.5. The number of alkyl halides is 1. The molecule has 5 heteroatoms. The van der Waals surface area contributed by atoms with Crippen molar-refractivity contribution in [2.24, 2.45) is 5.92 Å². The summed E-state index contributed by atoms with van der Waals surface area (Å²) in [5.74, 6) is -1.34. The maximum atomic E-state index is 14.3. The Kier molecular flexibility index (Phi) is 9.19. The van der Waals surface area contributed by atoms with Crippen molar-refractivity contribution in [1.82, 2.24) is 0 Å². The lowest BCUT2D eigenvalue weighted by molar-refractivity contribution is 0.311. The first-order valence-electron chi connectivity index (χ1n) is 11.6. The molecule has 32 heavy (non-hydrogen) atoms. The number of rotatable bonds is 10. The Morgan fingerprint density at radius 2 is 1.69 bits per heavy atom. The van der Waals surface area contributed by atoms with Crippen molar-refractivity contribution in [1.29, 1.82) is 0 Å². The Bertz CT molecular complexity index is 883. The van der Waals surface area contributed by atoms with Crippen LogP contribution < -0.4 is 4.74 Å². The van der Waals surface area contributed by atoms with Crippen molar-refractivity contribution in [2.45, 2.75) is 64.2 Å². The number of hydrogen-bond donors (Lipinski definition) is 0. The van der Waals surface area contributed by atoms with Gasteiger partial charge in [-0.25, -0.2) is 13.2 Å². The van der Waals surface area contributed by atoms with E-state index in [4.69, 9.17) is 4.74 Å². The van der Waals surface area contributed by atoms with E-state index >= 15 is 0 Å². The lowest BCUT2D eigenvalue weighted by atomic mass is 9.77. The fourth-order valence-corrected chi connectivity index (χ4v) is 4.58. The molecule has 0 atom stereocenters. The minimum Gasteiger partial charge on any atom is -0.491 e. The summed E-state index contributed by atoms with van der Waals surface area (Å²) in [5.41, 5.74) is 2.77. The average molecular weight is 449 g/mol. The van der Waals surface area contributed by atoms with Gasteiger partial charge in [0.2, 0.25) is 5.82 Å². The summed E-state index contributed by atoms with van der Waals surface area (Å²) >= 11 is 0. The minimum atomic E-state index is -1.01. The third-order valence-electron chi connectivity index (χ3n) is 6.48. The molecule has 3 rings (SSSR count). The maximum Gasteiger partial charge on any atom is 0.200 e. The Morgan fingerprint density at radius 1 is 0.969 bits per heavy atom. The van der Waals surface area contributed by atoms with Crippen LogP contribution in [0.25, 0.3) is 0 Å². The Hall–Kier alpha value is -2.30. The van der Waals surface area contributed by atoms with Crippen molar-refractivity contribution < 1.29 is 22.3 Å². The van der Waals surface area contributed by atoms with Crippen molar-refractivity contribution in [3.63, 3.8) is 0 Å². The molecule has 1 fully saturated rings. The first-order chi connectivity index (χ1) is 15.5. The molecule has 0 unspecified atom stereocenters. The highest BCUT2D eigenvalue weighted by Gasteiger charge is 2.22. The molecule has 0 radical (unpaired) electrons. The smallest absolute Gasteiger partial charge is 0.200 e. The molecule has 1 aliphatic rings. The number of benzene rings is 2. The minimum absolute atomic E-state index is 0.0452. The predicted molar refractivity (Wildman–Crippen MR) is 120 cm³/mol. The molecule has 1 saturated carbocycles. The standard InChI is InChI=1S/C27H32F4O/c1-2-32-25-17-16-23(26(30)27(25)31)15-10-20-8-13-22(14-9-20)21-11-6-19(7-12-21)4-3-5-24(29)18-28/h5,8-9,13-14,16-17,19,21H,2-4,6-7,10-12,15,18H2,1H3. The quantitative estimate of drug-likeness (QED) is 0.334. The van der Waals surface area contributed by atoms with Crippen molar-refractivity contribution in [3.05, 3.63) is 76.6 Å². The fraction of sp³-hybridized carbons (Fsp3) is 0.481. The van der Waals surface area contributed by atoms with Gasteiger partial charge in [-0.3, -0.25) is 0 Å².